The number of rotatable bonds is 2. The smallest absolute Gasteiger partial charge is 0.265 e. The zero-order chi connectivity index (χ0) is 13.2. The van der Waals surface area contributed by atoms with E-state index in [9.17, 15) is 4.79 Å². The Balaban J connectivity index is 1.67. The highest BCUT2D eigenvalue weighted by atomic mass is 32.1. The van der Waals surface area contributed by atoms with Gasteiger partial charge in [-0.2, -0.15) is 0 Å². The summed E-state index contributed by atoms with van der Waals surface area (Å²) in [6, 6.07) is 0.623. The first-order chi connectivity index (χ1) is 9.25. The van der Waals surface area contributed by atoms with Crippen LogP contribution < -0.4 is 5.32 Å². The van der Waals surface area contributed by atoms with Gasteiger partial charge in [-0.1, -0.05) is 0 Å². The minimum Gasteiger partial charge on any atom is -0.338 e. The number of thiazole rings is 1. The van der Waals surface area contributed by atoms with Gasteiger partial charge >= 0.3 is 0 Å². The van der Waals surface area contributed by atoms with Gasteiger partial charge in [0, 0.05) is 19.1 Å². The molecule has 2 aliphatic heterocycles. The number of nitrogens with one attached hydrogen (secondary N) is 1. The quantitative estimate of drug-likeness (QED) is 0.901. The van der Waals surface area contributed by atoms with Crippen LogP contribution in [0, 0.1) is 12.8 Å². The van der Waals surface area contributed by atoms with Crippen molar-refractivity contribution in [1.29, 1.82) is 0 Å². The van der Waals surface area contributed by atoms with E-state index >= 15 is 0 Å². The fourth-order valence-corrected chi connectivity index (χ4v) is 4.06. The molecule has 0 aromatic carbocycles. The number of carbonyl (C=O) groups excluding carboxylic acids is 1. The van der Waals surface area contributed by atoms with E-state index in [1.807, 2.05) is 11.8 Å². The Bertz CT molecular complexity index is 453. The lowest BCUT2D eigenvalue weighted by Crippen LogP contribution is -2.45. The molecular weight excluding hydrogens is 258 g/mol. The topological polar surface area (TPSA) is 45.2 Å². The van der Waals surface area contributed by atoms with Crippen molar-refractivity contribution in [3.63, 3.8) is 0 Å². The number of nitrogens with zero attached hydrogens (tertiary/aromatic N) is 2. The van der Waals surface area contributed by atoms with Crippen molar-refractivity contribution in [3.8, 4) is 0 Å². The van der Waals surface area contributed by atoms with Crippen LogP contribution in [-0.2, 0) is 0 Å². The summed E-state index contributed by atoms with van der Waals surface area (Å²) in [5, 5.41) is 3.58. The molecule has 5 heteroatoms. The van der Waals surface area contributed by atoms with Crippen LogP contribution in [-0.4, -0.2) is 41.5 Å². The molecule has 2 aliphatic rings. The van der Waals surface area contributed by atoms with Gasteiger partial charge in [-0.3, -0.25) is 4.79 Å². The molecule has 19 heavy (non-hydrogen) atoms. The van der Waals surface area contributed by atoms with E-state index in [4.69, 9.17) is 0 Å². The standard InChI is InChI=1S/C14H21N3OS/c1-10-13(19-9-16-10)14(18)17-7-3-4-11(8-17)12-5-2-6-15-12/h9,11-12,15H,2-8H2,1H3. The molecule has 0 bridgehead atoms. The van der Waals surface area contributed by atoms with Gasteiger partial charge in [0.1, 0.15) is 4.88 Å². The number of hydrogen-bond donors (Lipinski definition) is 1. The molecule has 1 aromatic heterocycles. The van der Waals surface area contributed by atoms with Crippen LogP contribution in [0.15, 0.2) is 5.51 Å². The average Bonchev–Trinajstić information content (AvgIpc) is 3.09. The van der Waals surface area contributed by atoms with Gasteiger partial charge < -0.3 is 10.2 Å². The van der Waals surface area contributed by atoms with Crippen molar-refractivity contribution >= 4 is 17.2 Å². The Kier molecular flexibility index (Phi) is 3.84. The normalized spacial score (nSPS) is 27.7. The summed E-state index contributed by atoms with van der Waals surface area (Å²) >= 11 is 1.47. The molecule has 0 spiro atoms. The molecule has 1 amide bonds. The predicted octanol–water partition coefficient (Wildman–Crippen LogP) is 2.06. The third kappa shape index (κ3) is 2.67. The van der Waals surface area contributed by atoms with Crippen molar-refractivity contribution in [2.45, 2.75) is 38.6 Å². The second-order valence-corrected chi connectivity index (χ2v) is 6.48. The van der Waals surface area contributed by atoms with E-state index in [-0.39, 0.29) is 5.91 Å². The molecule has 2 fully saturated rings. The van der Waals surface area contributed by atoms with E-state index in [0.717, 1.165) is 36.6 Å². The predicted molar refractivity (Wildman–Crippen MR) is 76.5 cm³/mol. The maximum atomic E-state index is 12.5. The van der Waals surface area contributed by atoms with Crippen LogP contribution in [0.2, 0.25) is 0 Å². The lowest BCUT2D eigenvalue weighted by molar-refractivity contribution is 0.0655. The molecular formula is C14H21N3OS. The minimum absolute atomic E-state index is 0.183. The first kappa shape index (κ1) is 13.1. The first-order valence-corrected chi connectivity index (χ1v) is 8.06. The van der Waals surface area contributed by atoms with Gasteiger partial charge in [-0.05, 0) is 45.1 Å². The van der Waals surface area contributed by atoms with Gasteiger partial charge in [0.05, 0.1) is 11.2 Å². The fraction of sp³-hybridized carbons (Fsp3) is 0.714. The Morgan fingerprint density at radius 2 is 2.37 bits per heavy atom. The molecule has 0 aliphatic carbocycles. The molecule has 0 radical (unpaired) electrons. The highest BCUT2D eigenvalue weighted by Gasteiger charge is 2.31. The Morgan fingerprint density at radius 3 is 3.05 bits per heavy atom. The summed E-state index contributed by atoms with van der Waals surface area (Å²) in [4.78, 5) is 19.6. The molecule has 2 atom stereocenters. The SMILES string of the molecule is Cc1ncsc1C(=O)N1CCCC(C2CCCN2)C1. The number of aryl methyl sites for hydroxylation is 1. The lowest BCUT2D eigenvalue weighted by Gasteiger charge is -2.35. The van der Waals surface area contributed by atoms with E-state index in [0.29, 0.717) is 12.0 Å². The number of amides is 1. The third-order valence-electron chi connectivity index (χ3n) is 4.35. The van der Waals surface area contributed by atoms with Crippen LogP contribution >= 0.6 is 11.3 Å². The largest absolute Gasteiger partial charge is 0.338 e. The van der Waals surface area contributed by atoms with Crippen molar-refractivity contribution in [2.75, 3.05) is 19.6 Å². The van der Waals surface area contributed by atoms with Gasteiger partial charge in [-0.25, -0.2) is 4.98 Å². The van der Waals surface area contributed by atoms with E-state index in [1.54, 1.807) is 5.51 Å². The highest BCUT2D eigenvalue weighted by Crippen LogP contribution is 2.26. The number of likely N-dealkylation sites (tertiary alicyclic amines) is 1. The zero-order valence-electron chi connectivity index (χ0n) is 11.4. The van der Waals surface area contributed by atoms with Gasteiger partial charge in [-0.15, -0.1) is 11.3 Å². The Labute approximate surface area is 118 Å². The van der Waals surface area contributed by atoms with Crippen molar-refractivity contribution < 1.29 is 4.79 Å². The van der Waals surface area contributed by atoms with Crippen molar-refractivity contribution in [2.24, 2.45) is 5.92 Å². The van der Waals surface area contributed by atoms with Crippen LogP contribution in [0.3, 0.4) is 0 Å². The summed E-state index contributed by atoms with van der Waals surface area (Å²) in [5.74, 6) is 0.816. The van der Waals surface area contributed by atoms with Crippen LogP contribution in [0.4, 0.5) is 0 Å². The van der Waals surface area contributed by atoms with E-state index in [1.165, 1.54) is 30.6 Å². The summed E-state index contributed by atoms with van der Waals surface area (Å²) in [5.41, 5.74) is 2.64. The second-order valence-electron chi connectivity index (χ2n) is 5.62. The van der Waals surface area contributed by atoms with Crippen LogP contribution in [0.1, 0.15) is 41.0 Å². The average molecular weight is 279 g/mol. The van der Waals surface area contributed by atoms with Crippen LogP contribution in [0.5, 0.6) is 0 Å². The molecule has 0 saturated carbocycles. The van der Waals surface area contributed by atoms with Gasteiger partial charge in [0.25, 0.3) is 5.91 Å². The number of piperidine rings is 1. The maximum Gasteiger partial charge on any atom is 0.265 e. The fourth-order valence-electron chi connectivity index (χ4n) is 3.29. The van der Waals surface area contributed by atoms with Gasteiger partial charge in [0.15, 0.2) is 0 Å². The molecule has 2 unspecified atom stereocenters. The Hall–Kier alpha value is -0.940. The second kappa shape index (κ2) is 5.59. The summed E-state index contributed by atoms with van der Waals surface area (Å²) in [7, 11) is 0. The molecule has 3 heterocycles. The molecule has 104 valence electrons. The molecule has 1 aromatic rings. The minimum atomic E-state index is 0.183. The first-order valence-electron chi connectivity index (χ1n) is 7.18. The van der Waals surface area contributed by atoms with Crippen molar-refractivity contribution in [3.05, 3.63) is 16.1 Å². The zero-order valence-corrected chi connectivity index (χ0v) is 12.2. The van der Waals surface area contributed by atoms with E-state index in [2.05, 4.69) is 10.3 Å². The third-order valence-corrected chi connectivity index (χ3v) is 5.27. The van der Waals surface area contributed by atoms with Gasteiger partial charge in [0.2, 0.25) is 0 Å². The molecule has 4 nitrogen and oxygen atoms in total. The van der Waals surface area contributed by atoms with E-state index < -0.39 is 0 Å². The molecule has 1 N–H and O–H groups in total. The number of hydrogen-bond acceptors (Lipinski definition) is 4. The maximum absolute atomic E-state index is 12.5. The summed E-state index contributed by atoms with van der Waals surface area (Å²) < 4.78 is 0. The molecule has 3 rings (SSSR count). The summed E-state index contributed by atoms with van der Waals surface area (Å²) in [6.07, 6.45) is 4.94. The number of carbonyl (C=O) groups is 1. The Morgan fingerprint density at radius 1 is 1.47 bits per heavy atom. The highest BCUT2D eigenvalue weighted by molar-refractivity contribution is 7.11. The summed E-state index contributed by atoms with van der Waals surface area (Å²) in [6.45, 7) is 4.87. The van der Waals surface area contributed by atoms with Crippen molar-refractivity contribution in [1.82, 2.24) is 15.2 Å². The molecule has 2 saturated heterocycles. The lowest BCUT2D eigenvalue weighted by atomic mass is 9.89. The van der Waals surface area contributed by atoms with Crippen LogP contribution in [0.25, 0.3) is 0 Å². The monoisotopic (exact) mass is 279 g/mol. The number of aromatic nitrogens is 1.